The van der Waals surface area contributed by atoms with Gasteiger partial charge in [0.15, 0.2) is 18.1 Å². The Balaban J connectivity index is 1.46. The van der Waals surface area contributed by atoms with Crippen LogP contribution in [0.2, 0.25) is 5.02 Å². The first kappa shape index (κ1) is 21.0. The molecule has 0 unspecified atom stereocenters. The van der Waals surface area contributed by atoms with Crippen LogP contribution < -0.4 is 14.8 Å². The lowest BCUT2D eigenvalue weighted by Crippen LogP contribution is -2.47. The van der Waals surface area contributed by atoms with Crippen molar-refractivity contribution in [2.75, 3.05) is 26.3 Å². The van der Waals surface area contributed by atoms with Crippen LogP contribution in [0.15, 0.2) is 48.5 Å². The standard InChI is InChI=1S/C22H25ClN2O4/c1-2-28-19-9-5-6-10-20(19)29-15-21(26)25-13-11-16(12-14-25)24-22(27)17-7-3-4-8-18(17)23/h3-10,16H,2,11-15H2,1H3,(H,24,27). The van der Waals surface area contributed by atoms with E-state index in [2.05, 4.69) is 5.32 Å². The van der Waals surface area contributed by atoms with Gasteiger partial charge in [-0.3, -0.25) is 9.59 Å². The molecule has 1 heterocycles. The summed E-state index contributed by atoms with van der Waals surface area (Å²) >= 11 is 6.08. The van der Waals surface area contributed by atoms with Gasteiger partial charge in [-0.25, -0.2) is 0 Å². The lowest BCUT2D eigenvalue weighted by atomic mass is 10.0. The van der Waals surface area contributed by atoms with Gasteiger partial charge < -0.3 is 19.7 Å². The summed E-state index contributed by atoms with van der Waals surface area (Å²) in [5, 5.41) is 3.44. The van der Waals surface area contributed by atoms with Crippen molar-refractivity contribution in [2.45, 2.75) is 25.8 Å². The number of benzene rings is 2. The quantitative estimate of drug-likeness (QED) is 0.749. The Morgan fingerprint density at radius 3 is 2.31 bits per heavy atom. The van der Waals surface area contributed by atoms with Gasteiger partial charge >= 0.3 is 0 Å². The molecule has 1 aliphatic heterocycles. The predicted molar refractivity (Wildman–Crippen MR) is 112 cm³/mol. The van der Waals surface area contributed by atoms with Crippen molar-refractivity contribution in [3.8, 4) is 11.5 Å². The average molecular weight is 417 g/mol. The minimum atomic E-state index is -0.184. The van der Waals surface area contributed by atoms with Crippen molar-refractivity contribution in [3.63, 3.8) is 0 Å². The monoisotopic (exact) mass is 416 g/mol. The Morgan fingerprint density at radius 2 is 1.66 bits per heavy atom. The largest absolute Gasteiger partial charge is 0.490 e. The molecule has 1 saturated heterocycles. The Hall–Kier alpha value is -2.73. The first-order valence-electron chi connectivity index (χ1n) is 9.76. The van der Waals surface area contributed by atoms with Crippen molar-refractivity contribution in [1.29, 1.82) is 0 Å². The zero-order valence-electron chi connectivity index (χ0n) is 16.4. The summed E-state index contributed by atoms with van der Waals surface area (Å²) < 4.78 is 11.2. The topological polar surface area (TPSA) is 67.9 Å². The summed E-state index contributed by atoms with van der Waals surface area (Å²) in [4.78, 5) is 26.6. The molecule has 2 aromatic carbocycles. The number of ether oxygens (including phenoxy) is 2. The lowest BCUT2D eigenvalue weighted by molar-refractivity contribution is -0.134. The zero-order chi connectivity index (χ0) is 20.6. The molecule has 7 heteroatoms. The number of likely N-dealkylation sites (tertiary alicyclic amines) is 1. The van der Waals surface area contributed by atoms with Crippen LogP contribution in [0, 0.1) is 0 Å². The minimum Gasteiger partial charge on any atom is -0.490 e. The third kappa shape index (κ3) is 5.64. The Kier molecular flexibility index (Phi) is 7.36. The highest BCUT2D eigenvalue weighted by Gasteiger charge is 2.25. The number of amides is 2. The number of carbonyl (C=O) groups is 2. The van der Waals surface area contributed by atoms with Crippen LogP contribution in [-0.4, -0.2) is 49.1 Å². The van der Waals surface area contributed by atoms with Gasteiger partial charge in [0.2, 0.25) is 0 Å². The molecule has 6 nitrogen and oxygen atoms in total. The van der Waals surface area contributed by atoms with Gasteiger partial charge in [0, 0.05) is 19.1 Å². The van der Waals surface area contributed by atoms with Crippen LogP contribution >= 0.6 is 11.6 Å². The first-order valence-corrected chi connectivity index (χ1v) is 10.1. The van der Waals surface area contributed by atoms with Crippen LogP contribution in [0.25, 0.3) is 0 Å². The van der Waals surface area contributed by atoms with Crippen molar-refractivity contribution in [1.82, 2.24) is 10.2 Å². The van der Waals surface area contributed by atoms with Gasteiger partial charge in [-0.1, -0.05) is 35.9 Å². The van der Waals surface area contributed by atoms with Gasteiger partial charge in [0.25, 0.3) is 11.8 Å². The zero-order valence-corrected chi connectivity index (χ0v) is 17.2. The molecule has 0 aliphatic carbocycles. The molecule has 29 heavy (non-hydrogen) atoms. The van der Waals surface area contributed by atoms with Crippen molar-refractivity contribution in [3.05, 3.63) is 59.1 Å². The highest BCUT2D eigenvalue weighted by molar-refractivity contribution is 6.33. The number of piperidine rings is 1. The van der Waals surface area contributed by atoms with E-state index in [-0.39, 0.29) is 24.5 Å². The summed E-state index contributed by atoms with van der Waals surface area (Å²) in [6, 6.07) is 14.3. The fraction of sp³-hybridized carbons (Fsp3) is 0.364. The van der Waals surface area contributed by atoms with E-state index in [1.54, 1.807) is 35.2 Å². The van der Waals surface area contributed by atoms with Crippen LogP contribution in [0.3, 0.4) is 0 Å². The van der Waals surface area contributed by atoms with Gasteiger partial charge in [0.05, 0.1) is 17.2 Å². The summed E-state index contributed by atoms with van der Waals surface area (Å²) in [7, 11) is 0. The fourth-order valence-corrected chi connectivity index (χ4v) is 3.48. The maximum absolute atomic E-state index is 12.5. The van der Waals surface area contributed by atoms with E-state index in [4.69, 9.17) is 21.1 Å². The fourth-order valence-electron chi connectivity index (χ4n) is 3.26. The third-order valence-corrected chi connectivity index (χ3v) is 5.13. The van der Waals surface area contributed by atoms with Gasteiger partial charge in [-0.2, -0.15) is 0 Å². The van der Waals surface area contributed by atoms with Crippen molar-refractivity contribution >= 4 is 23.4 Å². The second kappa shape index (κ2) is 10.2. The molecule has 0 bridgehead atoms. The van der Waals surface area contributed by atoms with Crippen molar-refractivity contribution in [2.24, 2.45) is 0 Å². The number of nitrogens with zero attached hydrogens (tertiary/aromatic N) is 1. The van der Waals surface area contributed by atoms with Gasteiger partial charge in [-0.15, -0.1) is 0 Å². The molecular formula is C22H25ClN2O4. The van der Waals surface area contributed by atoms with E-state index in [0.29, 0.717) is 54.6 Å². The normalized spacial score (nSPS) is 14.3. The molecule has 1 fully saturated rings. The molecule has 0 saturated carbocycles. The number of nitrogens with one attached hydrogen (secondary N) is 1. The average Bonchev–Trinajstić information content (AvgIpc) is 2.74. The van der Waals surface area contributed by atoms with E-state index in [1.165, 1.54) is 0 Å². The number of para-hydroxylation sites is 2. The predicted octanol–water partition coefficient (Wildman–Crippen LogP) is 3.54. The van der Waals surface area contributed by atoms with Crippen LogP contribution in [0.1, 0.15) is 30.1 Å². The van der Waals surface area contributed by atoms with Gasteiger partial charge in [-0.05, 0) is 44.0 Å². The maximum Gasteiger partial charge on any atom is 0.260 e. The number of carbonyl (C=O) groups excluding carboxylic acids is 2. The van der Waals surface area contributed by atoms with E-state index >= 15 is 0 Å². The summed E-state index contributed by atoms with van der Waals surface area (Å²) in [5.41, 5.74) is 0.467. The Bertz CT molecular complexity index is 850. The molecule has 154 valence electrons. The first-order chi connectivity index (χ1) is 14.1. The molecular weight excluding hydrogens is 392 g/mol. The number of rotatable bonds is 7. The molecule has 0 aromatic heterocycles. The highest BCUT2D eigenvalue weighted by atomic mass is 35.5. The van der Waals surface area contributed by atoms with E-state index in [0.717, 1.165) is 0 Å². The second-order valence-corrected chi connectivity index (χ2v) is 7.18. The number of hydrogen-bond donors (Lipinski definition) is 1. The van der Waals surface area contributed by atoms with E-state index < -0.39 is 0 Å². The smallest absolute Gasteiger partial charge is 0.260 e. The van der Waals surface area contributed by atoms with E-state index in [1.807, 2.05) is 25.1 Å². The number of hydrogen-bond acceptors (Lipinski definition) is 4. The van der Waals surface area contributed by atoms with Gasteiger partial charge in [0.1, 0.15) is 0 Å². The third-order valence-electron chi connectivity index (χ3n) is 4.80. The molecule has 0 atom stereocenters. The molecule has 0 radical (unpaired) electrons. The van der Waals surface area contributed by atoms with Crippen LogP contribution in [0.4, 0.5) is 0 Å². The molecule has 2 aromatic rings. The molecule has 0 spiro atoms. The number of halogens is 1. The Morgan fingerprint density at radius 1 is 1.03 bits per heavy atom. The highest BCUT2D eigenvalue weighted by Crippen LogP contribution is 2.26. The summed E-state index contributed by atoms with van der Waals surface area (Å²) in [5.74, 6) is 0.928. The Labute approximate surface area is 175 Å². The van der Waals surface area contributed by atoms with Crippen LogP contribution in [0.5, 0.6) is 11.5 Å². The summed E-state index contributed by atoms with van der Waals surface area (Å²) in [6.45, 7) is 3.53. The molecule has 2 amide bonds. The van der Waals surface area contributed by atoms with Crippen molar-refractivity contribution < 1.29 is 19.1 Å². The van der Waals surface area contributed by atoms with E-state index in [9.17, 15) is 9.59 Å². The molecule has 3 rings (SSSR count). The lowest BCUT2D eigenvalue weighted by Gasteiger charge is -2.32. The SMILES string of the molecule is CCOc1ccccc1OCC(=O)N1CCC(NC(=O)c2ccccc2Cl)CC1. The van der Waals surface area contributed by atoms with Crippen LogP contribution in [-0.2, 0) is 4.79 Å². The second-order valence-electron chi connectivity index (χ2n) is 6.78. The molecule has 1 N–H and O–H groups in total. The minimum absolute atomic E-state index is 0.0161. The summed E-state index contributed by atoms with van der Waals surface area (Å²) in [6.07, 6.45) is 1.38. The molecule has 1 aliphatic rings. The maximum atomic E-state index is 12.5.